The molecule has 0 aromatic carbocycles. The van der Waals surface area contributed by atoms with E-state index in [1.165, 1.54) is 31.9 Å². The van der Waals surface area contributed by atoms with Crippen LogP contribution in [-0.4, -0.2) is 31.2 Å². The second kappa shape index (κ2) is 5.87. The van der Waals surface area contributed by atoms with Crippen LogP contribution in [0.3, 0.4) is 0 Å². The largest absolute Gasteiger partial charge is 0.299 e. The van der Waals surface area contributed by atoms with Gasteiger partial charge in [0.15, 0.2) is 0 Å². The summed E-state index contributed by atoms with van der Waals surface area (Å²) < 4.78 is 0. The molecule has 0 bridgehead atoms. The minimum absolute atomic E-state index is 0.954. The average Bonchev–Trinajstić information content (AvgIpc) is 2.93. The summed E-state index contributed by atoms with van der Waals surface area (Å²) in [5.41, 5.74) is 0. The van der Waals surface area contributed by atoms with E-state index in [-0.39, 0.29) is 0 Å². The van der Waals surface area contributed by atoms with E-state index in [2.05, 4.69) is 38.4 Å². The molecule has 3 saturated carbocycles. The third-order valence-corrected chi connectivity index (χ3v) is 9.38. The van der Waals surface area contributed by atoms with Crippen molar-refractivity contribution in [2.24, 2.45) is 35.5 Å². The lowest BCUT2D eigenvalue weighted by Crippen LogP contribution is -2.50. The van der Waals surface area contributed by atoms with Gasteiger partial charge in [-0.1, -0.05) is 46.3 Å². The van der Waals surface area contributed by atoms with Crippen molar-refractivity contribution in [3.63, 3.8) is 0 Å². The van der Waals surface area contributed by atoms with E-state index in [0.717, 1.165) is 47.6 Å². The maximum Gasteiger partial charge on any atom is 0.0599 e. The highest BCUT2D eigenvalue weighted by atomic mass is 28.3. The number of rotatable bonds is 2. The van der Waals surface area contributed by atoms with Crippen molar-refractivity contribution in [1.82, 2.24) is 4.90 Å². The zero-order chi connectivity index (χ0) is 16.4. The van der Waals surface area contributed by atoms with Gasteiger partial charge in [0.25, 0.3) is 0 Å². The lowest BCUT2D eigenvalue weighted by molar-refractivity contribution is 0.0943. The fourth-order valence-corrected chi connectivity index (χ4v) is 9.04. The van der Waals surface area contributed by atoms with Crippen molar-refractivity contribution in [3.8, 4) is 0 Å². The molecule has 23 heavy (non-hydrogen) atoms. The van der Waals surface area contributed by atoms with Gasteiger partial charge in [-0.15, -0.1) is 0 Å². The quantitative estimate of drug-likeness (QED) is 0.609. The minimum atomic E-state index is -1.03. The molecule has 8 atom stereocenters. The van der Waals surface area contributed by atoms with Gasteiger partial charge in [0.1, 0.15) is 0 Å². The normalized spacial score (nSPS) is 50.5. The first-order valence-corrected chi connectivity index (χ1v) is 14.3. The minimum Gasteiger partial charge on any atom is -0.299 e. The fraction of sp³-hybridized carbons (Fsp3) is 1.00. The molecule has 8 unspecified atom stereocenters. The molecule has 2 heteroatoms. The summed E-state index contributed by atoms with van der Waals surface area (Å²) in [6.07, 6.45) is 12.2. The van der Waals surface area contributed by atoms with Crippen LogP contribution in [0.5, 0.6) is 0 Å². The Morgan fingerprint density at radius 3 is 2.26 bits per heavy atom. The Morgan fingerprint density at radius 1 is 0.870 bits per heavy atom. The number of fused-ring (bicyclic) bond motifs is 5. The number of nitrogens with zero attached hydrogens (tertiary/aromatic N) is 1. The lowest BCUT2D eigenvalue weighted by Gasteiger charge is -2.42. The molecule has 1 heterocycles. The Kier molecular flexibility index (Phi) is 4.24. The van der Waals surface area contributed by atoms with E-state index in [9.17, 15) is 0 Å². The number of hydrogen-bond donors (Lipinski definition) is 0. The smallest absolute Gasteiger partial charge is 0.0599 e. The standard InChI is InChI=1S/C21H39NSi/c1-14-10-11-19-18(12-14)20-17-9-7-6-8-16(17)15(2)21(20)22(19)13-23(3,4)5/h14-21H,6-13H2,1-5H3. The highest BCUT2D eigenvalue weighted by molar-refractivity contribution is 6.76. The van der Waals surface area contributed by atoms with Crippen molar-refractivity contribution in [2.45, 2.75) is 90.5 Å². The molecule has 0 aromatic rings. The molecule has 0 aromatic heterocycles. The topological polar surface area (TPSA) is 3.24 Å². The van der Waals surface area contributed by atoms with Crippen molar-refractivity contribution in [3.05, 3.63) is 0 Å². The summed E-state index contributed by atoms with van der Waals surface area (Å²) in [5.74, 6) is 6.24. The maximum atomic E-state index is 3.12. The van der Waals surface area contributed by atoms with Crippen LogP contribution in [0.15, 0.2) is 0 Å². The van der Waals surface area contributed by atoms with E-state index in [0.29, 0.717) is 0 Å². The van der Waals surface area contributed by atoms with Crippen LogP contribution in [0.1, 0.15) is 58.8 Å². The molecule has 0 spiro atoms. The molecule has 0 N–H and O–H groups in total. The second-order valence-electron chi connectivity index (χ2n) is 10.9. The van der Waals surface area contributed by atoms with Gasteiger partial charge in [-0.2, -0.15) is 0 Å². The van der Waals surface area contributed by atoms with Gasteiger partial charge in [0, 0.05) is 12.1 Å². The van der Waals surface area contributed by atoms with Crippen LogP contribution in [0.25, 0.3) is 0 Å². The monoisotopic (exact) mass is 333 g/mol. The molecule has 3 aliphatic carbocycles. The van der Waals surface area contributed by atoms with Gasteiger partial charge < -0.3 is 0 Å². The fourth-order valence-electron chi connectivity index (χ4n) is 7.50. The van der Waals surface area contributed by atoms with Gasteiger partial charge in [0.05, 0.1) is 8.07 Å². The molecule has 132 valence electrons. The van der Waals surface area contributed by atoms with Gasteiger partial charge in [-0.05, 0) is 73.8 Å². The van der Waals surface area contributed by atoms with Crippen LogP contribution in [0.4, 0.5) is 0 Å². The summed E-state index contributed by atoms with van der Waals surface area (Å²) in [4.78, 5) is 3.12. The average molecular weight is 334 g/mol. The third kappa shape index (κ3) is 2.76. The molecule has 1 aliphatic heterocycles. The van der Waals surface area contributed by atoms with E-state index < -0.39 is 8.07 Å². The van der Waals surface area contributed by atoms with E-state index in [1.807, 2.05) is 0 Å². The predicted octanol–water partition coefficient (Wildman–Crippen LogP) is 5.43. The summed E-state index contributed by atoms with van der Waals surface area (Å²) in [6, 6.07) is 1.91. The van der Waals surface area contributed by atoms with Crippen molar-refractivity contribution in [2.75, 3.05) is 6.17 Å². The molecular weight excluding hydrogens is 294 g/mol. The summed E-state index contributed by atoms with van der Waals surface area (Å²) in [5, 5.41) is 0. The van der Waals surface area contributed by atoms with Crippen molar-refractivity contribution < 1.29 is 0 Å². The Labute approximate surface area is 145 Å². The SMILES string of the molecule is CC1CCC2C(C1)C1C3CCCCC3C(C)C1N2C[Si](C)(C)C. The van der Waals surface area contributed by atoms with E-state index in [4.69, 9.17) is 0 Å². The maximum absolute atomic E-state index is 3.12. The first-order chi connectivity index (χ1) is 10.9. The van der Waals surface area contributed by atoms with Gasteiger partial charge in [-0.3, -0.25) is 4.90 Å². The zero-order valence-electron chi connectivity index (χ0n) is 16.2. The van der Waals surface area contributed by atoms with Crippen LogP contribution in [0, 0.1) is 35.5 Å². The second-order valence-corrected chi connectivity index (χ2v) is 16.4. The molecule has 0 radical (unpaired) electrons. The highest BCUT2D eigenvalue weighted by Crippen LogP contribution is 2.60. The van der Waals surface area contributed by atoms with Gasteiger partial charge in [0.2, 0.25) is 0 Å². The lowest BCUT2D eigenvalue weighted by atomic mass is 9.68. The van der Waals surface area contributed by atoms with Crippen LogP contribution >= 0.6 is 0 Å². The van der Waals surface area contributed by atoms with E-state index >= 15 is 0 Å². The third-order valence-electron chi connectivity index (χ3n) is 8.06. The van der Waals surface area contributed by atoms with Crippen LogP contribution < -0.4 is 0 Å². The van der Waals surface area contributed by atoms with Crippen molar-refractivity contribution in [1.29, 1.82) is 0 Å². The molecule has 1 saturated heterocycles. The van der Waals surface area contributed by atoms with Crippen LogP contribution in [-0.2, 0) is 0 Å². The molecule has 0 amide bonds. The molecule has 4 aliphatic rings. The van der Waals surface area contributed by atoms with Gasteiger partial charge >= 0.3 is 0 Å². The molecule has 4 rings (SSSR count). The Bertz CT molecular complexity index is 442. The molecular formula is C21H39NSi. The van der Waals surface area contributed by atoms with Crippen molar-refractivity contribution >= 4 is 8.07 Å². The zero-order valence-corrected chi connectivity index (χ0v) is 17.2. The Morgan fingerprint density at radius 2 is 1.57 bits per heavy atom. The number of hydrogen-bond acceptors (Lipinski definition) is 1. The first-order valence-electron chi connectivity index (χ1n) is 10.6. The highest BCUT2D eigenvalue weighted by Gasteiger charge is 2.61. The van der Waals surface area contributed by atoms with E-state index in [1.54, 1.807) is 19.3 Å². The van der Waals surface area contributed by atoms with Gasteiger partial charge in [-0.25, -0.2) is 0 Å². The summed E-state index contributed by atoms with van der Waals surface area (Å²) >= 11 is 0. The first kappa shape index (κ1) is 16.6. The summed E-state index contributed by atoms with van der Waals surface area (Å²) in [6.45, 7) is 12.9. The Hall–Kier alpha value is 0.177. The predicted molar refractivity (Wildman–Crippen MR) is 102 cm³/mol. The summed E-state index contributed by atoms with van der Waals surface area (Å²) in [7, 11) is -1.03. The van der Waals surface area contributed by atoms with Crippen LogP contribution in [0.2, 0.25) is 19.6 Å². The Balaban J connectivity index is 1.67. The number of likely N-dealkylation sites (tertiary alicyclic amines) is 1. The molecule has 4 fully saturated rings. The molecule has 1 nitrogen and oxygen atoms in total.